The molecular formula is C53H81Cl4N10O8S2-. The number of esters is 2. The Kier molecular flexibility index (Phi) is 31.1. The normalized spacial score (nSPS) is 15.3. The Morgan fingerprint density at radius 2 is 1.35 bits per heavy atom. The highest BCUT2D eigenvalue weighted by atomic mass is 35.5. The van der Waals surface area contributed by atoms with Crippen LogP contribution in [0.15, 0.2) is 65.7 Å². The van der Waals surface area contributed by atoms with Crippen LogP contribution in [-0.4, -0.2) is 162 Å². The number of rotatable bonds is 16. The predicted octanol–water partition coefficient (Wildman–Crippen LogP) is -2.48. The van der Waals surface area contributed by atoms with E-state index in [-0.39, 0.29) is 75.8 Å². The first-order valence-electron chi connectivity index (χ1n) is 24.6. The lowest BCUT2D eigenvalue weighted by Gasteiger charge is -2.36. The Morgan fingerprint density at radius 1 is 0.779 bits per heavy atom. The number of fused-ring (bicyclic) bond motifs is 4. The monoisotopic (exact) mass is 1190 g/mol. The van der Waals surface area contributed by atoms with Crippen molar-refractivity contribution in [3.63, 3.8) is 0 Å². The second-order valence-corrected chi connectivity index (χ2v) is 21.6. The molecule has 77 heavy (non-hydrogen) atoms. The highest BCUT2D eigenvalue weighted by Gasteiger charge is 2.29. The van der Waals surface area contributed by atoms with E-state index in [1.807, 2.05) is 23.5 Å². The maximum absolute atomic E-state index is 12.1. The number of alkyl carbamates (subject to hydrolysis) is 1. The molecule has 2 aromatic heterocycles. The summed E-state index contributed by atoms with van der Waals surface area (Å²) in [4.78, 5) is 52.1. The molecule has 0 aliphatic carbocycles. The van der Waals surface area contributed by atoms with Gasteiger partial charge < -0.3 is 103 Å². The van der Waals surface area contributed by atoms with E-state index in [0.717, 1.165) is 106 Å². The molecule has 0 radical (unpaired) electrons. The number of aliphatic imine (C=N–C) groups is 1. The third kappa shape index (κ3) is 20.3. The van der Waals surface area contributed by atoms with E-state index < -0.39 is 29.7 Å². The number of benzene rings is 2. The third-order valence-corrected chi connectivity index (χ3v) is 14.4. The van der Waals surface area contributed by atoms with Crippen molar-refractivity contribution in [3.8, 4) is 0 Å². The number of ether oxygens (including phenoxy) is 5. The number of hydrogen-bond donors (Lipinski definition) is 6. The van der Waals surface area contributed by atoms with Crippen molar-refractivity contribution in [2.24, 2.45) is 4.99 Å². The van der Waals surface area contributed by atoms with Gasteiger partial charge in [0.15, 0.2) is 6.04 Å². The zero-order valence-electron chi connectivity index (χ0n) is 44.6. The van der Waals surface area contributed by atoms with E-state index in [1.54, 1.807) is 37.0 Å². The number of aryl methyl sites for hydroxylation is 2. The highest BCUT2D eigenvalue weighted by Crippen LogP contribution is 2.42. The van der Waals surface area contributed by atoms with Crippen LogP contribution < -0.4 is 70.0 Å². The van der Waals surface area contributed by atoms with Crippen molar-refractivity contribution >= 4 is 97.8 Å². The molecule has 24 heteroatoms. The van der Waals surface area contributed by atoms with Gasteiger partial charge in [0.2, 0.25) is 6.04 Å². The number of piperazine rings is 2. The summed E-state index contributed by atoms with van der Waals surface area (Å²) in [5, 5.41) is 12.1. The summed E-state index contributed by atoms with van der Waals surface area (Å²) in [6.45, 7) is 21.0. The number of methoxy groups -OCH3 is 2. The number of nitrogens with one attached hydrogen (secondary N) is 4. The Balaban J connectivity index is 0.000000725. The number of para-hydroxylation sites is 3. The van der Waals surface area contributed by atoms with Gasteiger partial charge in [-0.2, -0.15) is 0 Å². The minimum atomic E-state index is -0.918. The van der Waals surface area contributed by atoms with Gasteiger partial charge in [-0.15, -0.1) is 35.1 Å². The van der Waals surface area contributed by atoms with E-state index in [9.17, 15) is 14.4 Å². The molecule has 2 aromatic carbocycles. The van der Waals surface area contributed by atoms with Gasteiger partial charge >= 0.3 is 18.0 Å². The van der Waals surface area contributed by atoms with Crippen molar-refractivity contribution in [2.45, 2.75) is 72.6 Å². The summed E-state index contributed by atoms with van der Waals surface area (Å²) in [6.07, 6.45) is 3.46. The molecule has 10 N–H and O–H groups in total. The molecule has 2 saturated heterocycles. The molecule has 4 aliphatic rings. The standard InChI is InChI=1S/C28H39N5O5S.C24H32N4O3S.CH4.4ClH.H3N/c1-19-17-20-24(29-21-9-6-7-10-22(21)30-25(20)39-19)33-14-12-32(13-15-33)11-8-16-37-18-23(26(34)36-5)31-27(35)38-28(2,3)4;1-17-14-19-22(15-18-6-3-4-7-21(18)26-23(19)32-17)28-11-9-27(10-12-28)8-5-13-31-16-20(25)24(29)30-2;;;;;;/h6-7,9-10,17,23,30H,8,11-16,18H2,1-5H3,(H,31,35);3-4,6-7,14-15,20,26H,5,8-13,16,25H2,1-2H3;1H4;4*1H;1H3/p-1. The lowest BCUT2D eigenvalue weighted by atomic mass is 10.1. The fraction of sp³-hybridized carbons (Fsp3) is 0.509. The molecule has 0 saturated carbocycles. The number of amidine groups is 1. The van der Waals surface area contributed by atoms with E-state index in [4.69, 9.17) is 23.9 Å². The first-order chi connectivity index (χ1) is 34.2. The predicted molar refractivity (Wildman–Crippen MR) is 301 cm³/mol. The van der Waals surface area contributed by atoms with E-state index in [2.05, 4.69) is 110 Å². The molecule has 2 atom stereocenters. The molecule has 4 aliphatic heterocycles. The lowest BCUT2D eigenvalue weighted by molar-refractivity contribution is -0.904. The Labute approximate surface area is 488 Å². The summed E-state index contributed by atoms with van der Waals surface area (Å²) in [5.74, 6) is 0.141. The summed E-state index contributed by atoms with van der Waals surface area (Å²) < 4.78 is 26.0. The van der Waals surface area contributed by atoms with Crippen molar-refractivity contribution in [1.82, 2.24) is 26.2 Å². The zero-order valence-corrected chi connectivity index (χ0v) is 49.4. The summed E-state index contributed by atoms with van der Waals surface area (Å²) in [7, 11) is 2.66. The number of thiophene rings is 2. The molecule has 2 fully saturated rings. The van der Waals surface area contributed by atoms with Crippen LogP contribution in [0.25, 0.3) is 11.8 Å². The second-order valence-electron chi connectivity index (χ2n) is 19.1. The van der Waals surface area contributed by atoms with Crippen LogP contribution in [0.1, 0.15) is 67.5 Å². The fourth-order valence-electron chi connectivity index (χ4n) is 8.86. The topological polar surface area (TPSA) is 223 Å². The average molecular weight is 1190 g/mol. The van der Waals surface area contributed by atoms with Crippen LogP contribution in [0.5, 0.6) is 0 Å². The zero-order chi connectivity index (χ0) is 50.5. The van der Waals surface area contributed by atoms with Gasteiger partial charge in [-0.05, 0) is 77.4 Å². The van der Waals surface area contributed by atoms with Gasteiger partial charge in [0, 0.05) is 78.0 Å². The van der Waals surface area contributed by atoms with Crippen LogP contribution in [-0.2, 0) is 33.3 Å². The first kappa shape index (κ1) is 70.6. The second kappa shape index (κ2) is 33.9. The number of halogens is 4. The maximum Gasteiger partial charge on any atom is 0.408 e. The lowest BCUT2D eigenvalue weighted by Crippen LogP contribution is -3.14. The highest BCUT2D eigenvalue weighted by molar-refractivity contribution is 7.16. The number of quaternary nitrogens is 2. The van der Waals surface area contributed by atoms with Gasteiger partial charge in [0.25, 0.3) is 0 Å². The molecule has 6 heterocycles. The van der Waals surface area contributed by atoms with E-state index in [0.29, 0.717) is 19.8 Å². The number of amides is 1. The number of nitrogens with zero attached hydrogens (tertiary/aromatic N) is 4. The molecule has 18 nitrogen and oxygen atoms in total. The van der Waals surface area contributed by atoms with Crippen molar-refractivity contribution in [3.05, 3.63) is 87.1 Å². The van der Waals surface area contributed by atoms with E-state index in [1.165, 1.54) is 51.5 Å². The van der Waals surface area contributed by atoms with Crippen molar-refractivity contribution in [2.75, 3.05) is 117 Å². The van der Waals surface area contributed by atoms with Gasteiger partial charge in [0.1, 0.15) is 28.0 Å². The number of carbonyl (C=O) groups is 3. The number of carbonyl (C=O) groups excluding carboxylic acids is 3. The van der Waals surface area contributed by atoms with Crippen LogP contribution in [0.3, 0.4) is 0 Å². The Bertz CT molecular complexity index is 2510. The average Bonchev–Trinajstić information content (AvgIpc) is 3.81. The van der Waals surface area contributed by atoms with Gasteiger partial charge in [-0.3, -0.25) is 4.90 Å². The minimum Gasteiger partial charge on any atom is -1.00 e. The quantitative estimate of drug-likeness (QED) is 0.0389. The minimum absolute atomic E-state index is 0. The fourth-order valence-corrected chi connectivity index (χ4v) is 10.7. The van der Waals surface area contributed by atoms with Gasteiger partial charge in [-0.1, -0.05) is 37.8 Å². The van der Waals surface area contributed by atoms with Crippen LogP contribution in [0.2, 0.25) is 0 Å². The summed E-state index contributed by atoms with van der Waals surface area (Å²) in [6, 6.07) is 19.9. The van der Waals surface area contributed by atoms with Gasteiger partial charge in [-0.25, -0.2) is 19.4 Å². The molecule has 4 aromatic rings. The summed E-state index contributed by atoms with van der Waals surface area (Å²) >= 11 is 3.58. The molecule has 0 spiro atoms. The first-order valence-corrected chi connectivity index (χ1v) is 26.2. The van der Waals surface area contributed by atoms with Gasteiger partial charge in [0.05, 0.1) is 77.1 Å². The largest absolute Gasteiger partial charge is 1.00 e. The number of anilines is 4. The molecule has 432 valence electrons. The third-order valence-electron chi connectivity index (χ3n) is 12.5. The molecular weight excluding hydrogens is 1110 g/mol. The Hall–Kier alpha value is -4.42. The molecule has 1 amide bonds. The number of hydrogen-bond acceptors (Lipinski definition) is 17. The van der Waals surface area contributed by atoms with Crippen LogP contribution in [0, 0.1) is 13.8 Å². The Morgan fingerprint density at radius 3 is 2.00 bits per heavy atom. The summed E-state index contributed by atoms with van der Waals surface area (Å²) in [5.41, 5.74) is 11.3. The van der Waals surface area contributed by atoms with Crippen molar-refractivity contribution < 1.29 is 85.9 Å². The SMILES string of the molecule is C.COC(=O)C(COCCCN1CCN(C2=Nc3ccccc3Nc3sc(C)cc32)CC1)NC(=O)OC(C)(C)C.COC(=O)C([NH3+])COCCC[NH+]1CCN(C2=Cc3ccccc3Nc3sc(C)cc32)CC1.Cl.N.[Cl-].[Cl-].[Cl-]. The molecule has 2 unspecified atom stereocenters. The molecule has 8 rings (SSSR count). The molecule has 0 bridgehead atoms. The van der Waals surface area contributed by atoms with Crippen LogP contribution in [0.4, 0.5) is 31.9 Å². The maximum atomic E-state index is 12.1. The van der Waals surface area contributed by atoms with E-state index >= 15 is 0 Å². The smallest absolute Gasteiger partial charge is 0.408 e. The van der Waals surface area contributed by atoms with Crippen molar-refractivity contribution in [1.29, 1.82) is 0 Å². The van der Waals surface area contributed by atoms with Crippen LogP contribution >= 0.6 is 35.1 Å².